The number of para-hydroxylation sites is 1. The summed E-state index contributed by atoms with van der Waals surface area (Å²) in [6.45, 7) is 5.30. The van der Waals surface area contributed by atoms with E-state index in [0.717, 1.165) is 21.0 Å². The third-order valence-electron chi connectivity index (χ3n) is 5.90. The van der Waals surface area contributed by atoms with Crippen LogP contribution in [0.4, 0.5) is 5.69 Å². The molecule has 1 amide bonds. The number of amides is 1. The number of rotatable bonds is 11. The average Bonchev–Trinajstić information content (AvgIpc) is 2.92. The van der Waals surface area contributed by atoms with Crippen molar-refractivity contribution in [2.75, 3.05) is 25.1 Å². The average molecular weight is 524 g/mol. The van der Waals surface area contributed by atoms with E-state index in [1.165, 1.54) is 0 Å². The highest BCUT2D eigenvalue weighted by molar-refractivity contribution is 7.92. The Bertz CT molecular complexity index is 1370. The molecular formula is C28H33N3O5S. The lowest BCUT2D eigenvalue weighted by Gasteiger charge is -2.26. The maximum absolute atomic E-state index is 13.7. The summed E-state index contributed by atoms with van der Waals surface area (Å²) < 4.78 is 39.2. The highest BCUT2D eigenvalue weighted by atomic mass is 32.2. The number of sulfonamides is 1. The number of hydrogen-bond donors (Lipinski definition) is 1. The van der Waals surface area contributed by atoms with Gasteiger partial charge in [0.15, 0.2) is 11.5 Å². The topological polar surface area (TPSA) is 97.3 Å². The van der Waals surface area contributed by atoms with Gasteiger partial charge in [-0.05, 0) is 61.7 Å². The van der Waals surface area contributed by atoms with Gasteiger partial charge in [-0.25, -0.2) is 13.8 Å². The van der Waals surface area contributed by atoms with Gasteiger partial charge in [-0.2, -0.15) is 5.10 Å². The van der Waals surface area contributed by atoms with Crippen LogP contribution >= 0.6 is 0 Å². The summed E-state index contributed by atoms with van der Waals surface area (Å²) in [6.07, 6.45) is 1.13. The van der Waals surface area contributed by atoms with Crippen molar-refractivity contribution >= 4 is 27.3 Å². The van der Waals surface area contributed by atoms with Crippen molar-refractivity contribution in [3.63, 3.8) is 0 Å². The fourth-order valence-corrected chi connectivity index (χ4v) is 5.31. The summed E-state index contributed by atoms with van der Waals surface area (Å²) in [7, 11) is -0.918. The molecule has 37 heavy (non-hydrogen) atoms. The van der Waals surface area contributed by atoms with Crippen LogP contribution in [0.3, 0.4) is 0 Å². The molecule has 3 aromatic carbocycles. The third-order valence-corrected chi connectivity index (χ3v) is 7.68. The van der Waals surface area contributed by atoms with Crippen LogP contribution in [0.25, 0.3) is 0 Å². The Balaban J connectivity index is 1.93. The predicted molar refractivity (Wildman–Crippen MR) is 146 cm³/mol. The van der Waals surface area contributed by atoms with E-state index in [1.54, 1.807) is 62.8 Å². The zero-order valence-electron chi connectivity index (χ0n) is 21.8. The summed E-state index contributed by atoms with van der Waals surface area (Å²) >= 11 is 0. The van der Waals surface area contributed by atoms with Gasteiger partial charge < -0.3 is 9.47 Å². The number of ether oxygens (including phenoxy) is 2. The number of hydrogen-bond acceptors (Lipinski definition) is 6. The van der Waals surface area contributed by atoms with E-state index < -0.39 is 22.5 Å². The van der Waals surface area contributed by atoms with E-state index in [2.05, 4.69) is 10.5 Å². The van der Waals surface area contributed by atoms with E-state index in [-0.39, 0.29) is 4.90 Å². The molecule has 0 spiro atoms. The molecule has 3 rings (SSSR count). The minimum absolute atomic E-state index is 0.111. The summed E-state index contributed by atoms with van der Waals surface area (Å²) in [4.78, 5) is 13.2. The van der Waals surface area contributed by atoms with Crippen LogP contribution < -0.4 is 19.2 Å². The van der Waals surface area contributed by atoms with Gasteiger partial charge in [-0.3, -0.25) is 9.10 Å². The summed E-state index contributed by atoms with van der Waals surface area (Å²) in [5.41, 5.74) is 6.11. The zero-order valence-corrected chi connectivity index (χ0v) is 22.6. The number of carbonyl (C=O) groups excluding carboxylic acids is 1. The molecule has 8 nitrogen and oxygen atoms in total. The number of nitrogens with zero attached hydrogens (tertiary/aromatic N) is 2. The molecule has 0 fully saturated rings. The highest BCUT2D eigenvalue weighted by Gasteiger charge is 2.28. The number of anilines is 1. The number of aryl methyl sites for hydroxylation is 2. The van der Waals surface area contributed by atoms with Crippen molar-refractivity contribution in [1.29, 1.82) is 0 Å². The molecule has 9 heteroatoms. The molecule has 0 bridgehead atoms. The molecule has 196 valence electrons. The Morgan fingerprint density at radius 3 is 2.24 bits per heavy atom. The molecule has 0 aliphatic rings. The van der Waals surface area contributed by atoms with E-state index in [0.29, 0.717) is 35.7 Å². The van der Waals surface area contributed by atoms with Gasteiger partial charge in [0.2, 0.25) is 0 Å². The van der Waals surface area contributed by atoms with Crippen molar-refractivity contribution in [3.05, 3.63) is 83.4 Å². The molecule has 0 saturated carbocycles. The van der Waals surface area contributed by atoms with E-state index in [9.17, 15) is 13.2 Å². The smallest absolute Gasteiger partial charge is 0.264 e. The SMILES string of the molecule is CC/C(=N/NC(=O)CN(c1ccccc1CC)S(=O)(=O)c1ccc(C)cc1)c1ccc(OC)c(OC)c1. The Kier molecular flexibility index (Phi) is 9.30. The first-order valence-electron chi connectivity index (χ1n) is 12.0. The monoisotopic (exact) mass is 523 g/mol. The van der Waals surface area contributed by atoms with Crippen LogP contribution in [0.15, 0.2) is 76.7 Å². The Hall–Kier alpha value is -3.85. The fraction of sp³-hybridized carbons (Fsp3) is 0.286. The van der Waals surface area contributed by atoms with Gasteiger partial charge in [0.25, 0.3) is 15.9 Å². The van der Waals surface area contributed by atoms with Gasteiger partial charge in [0.1, 0.15) is 6.54 Å². The van der Waals surface area contributed by atoms with E-state index in [4.69, 9.17) is 9.47 Å². The molecule has 0 aliphatic heterocycles. The standard InChI is InChI=1S/C28H33N3O5S/c1-6-21-10-8-9-11-25(21)31(37(33,34)23-15-12-20(3)13-16-23)19-28(32)30-29-24(7-2)22-14-17-26(35-4)27(18-22)36-5/h8-18H,6-7,19H2,1-5H3,(H,30,32)/b29-24-. The quantitative estimate of drug-likeness (QED) is 0.290. The van der Waals surface area contributed by atoms with Crippen molar-refractivity contribution in [1.82, 2.24) is 5.43 Å². The van der Waals surface area contributed by atoms with Crippen LogP contribution in [0.2, 0.25) is 0 Å². The maximum atomic E-state index is 13.7. The lowest BCUT2D eigenvalue weighted by atomic mass is 10.1. The van der Waals surface area contributed by atoms with Crippen LogP contribution in [0, 0.1) is 6.92 Å². The van der Waals surface area contributed by atoms with Gasteiger partial charge in [0.05, 0.1) is 30.5 Å². The first-order chi connectivity index (χ1) is 17.7. The summed E-state index contributed by atoms with van der Waals surface area (Å²) in [5.74, 6) is 0.560. The summed E-state index contributed by atoms with van der Waals surface area (Å²) in [5, 5.41) is 4.30. The van der Waals surface area contributed by atoms with Crippen molar-refractivity contribution in [3.8, 4) is 11.5 Å². The fourth-order valence-electron chi connectivity index (χ4n) is 3.85. The highest BCUT2D eigenvalue weighted by Crippen LogP contribution is 2.29. The van der Waals surface area contributed by atoms with Gasteiger partial charge in [-0.1, -0.05) is 49.7 Å². The molecule has 0 heterocycles. The van der Waals surface area contributed by atoms with Crippen LogP contribution in [-0.4, -0.2) is 40.8 Å². The largest absolute Gasteiger partial charge is 0.493 e. The van der Waals surface area contributed by atoms with Gasteiger partial charge in [0, 0.05) is 5.56 Å². The lowest BCUT2D eigenvalue weighted by molar-refractivity contribution is -0.119. The molecular weight excluding hydrogens is 490 g/mol. The maximum Gasteiger partial charge on any atom is 0.264 e. The summed E-state index contributed by atoms with van der Waals surface area (Å²) in [6, 6.07) is 19.1. The van der Waals surface area contributed by atoms with E-state index >= 15 is 0 Å². The zero-order chi connectivity index (χ0) is 27.0. The molecule has 1 N–H and O–H groups in total. The van der Waals surface area contributed by atoms with Gasteiger partial charge in [-0.15, -0.1) is 0 Å². The predicted octanol–water partition coefficient (Wildman–Crippen LogP) is 4.70. The molecule has 0 unspecified atom stereocenters. The molecule has 3 aromatic rings. The lowest BCUT2D eigenvalue weighted by Crippen LogP contribution is -2.40. The molecule has 0 aromatic heterocycles. The van der Waals surface area contributed by atoms with Crippen LogP contribution in [-0.2, 0) is 21.2 Å². The number of carbonyl (C=O) groups is 1. The Morgan fingerprint density at radius 2 is 1.62 bits per heavy atom. The minimum Gasteiger partial charge on any atom is -0.493 e. The normalized spacial score (nSPS) is 11.6. The number of benzene rings is 3. The van der Waals surface area contributed by atoms with Crippen molar-refractivity contribution in [2.24, 2.45) is 5.10 Å². The third kappa shape index (κ3) is 6.48. The first kappa shape index (κ1) is 27.7. The van der Waals surface area contributed by atoms with Crippen molar-refractivity contribution < 1.29 is 22.7 Å². The first-order valence-corrected chi connectivity index (χ1v) is 13.4. The molecule has 0 radical (unpaired) electrons. The van der Waals surface area contributed by atoms with Gasteiger partial charge >= 0.3 is 0 Å². The van der Waals surface area contributed by atoms with Crippen LogP contribution in [0.5, 0.6) is 11.5 Å². The van der Waals surface area contributed by atoms with Crippen molar-refractivity contribution in [2.45, 2.75) is 38.5 Å². The molecule has 0 aliphatic carbocycles. The second-order valence-corrected chi connectivity index (χ2v) is 10.2. The Labute approximate surface area is 219 Å². The second-order valence-electron chi connectivity index (χ2n) is 8.32. The Morgan fingerprint density at radius 1 is 0.946 bits per heavy atom. The number of hydrazone groups is 1. The van der Waals surface area contributed by atoms with E-state index in [1.807, 2.05) is 39.0 Å². The number of methoxy groups -OCH3 is 2. The number of nitrogens with one attached hydrogen (secondary N) is 1. The molecule has 0 saturated heterocycles. The van der Waals surface area contributed by atoms with Crippen LogP contribution in [0.1, 0.15) is 37.0 Å². The minimum atomic E-state index is -4.02. The molecule has 0 atom stereocenters. The second kappa shape index (κ2) is 12.4.